The number of rotatable bonds is 7. The van der Waals surface area contributed by atoms with Crippen LogP contribution in [0, 0.1) is 0 Å². The quantitative estimate of drug-likeness (QED) is 0.751. The topological polar surface area (TPSA) is 97.5 Å². The molecule has 0 radical (unpaired) electrons. The number of nitrogens with zero attached hydrogens (tertiary/aromatic N) is 5. The maximum absolute atomic E-state index is 13.9. The number of alkyl halides is 1. The molecule has 0 aliphatic carbocycles. The van der Waals surface area contributed by atoms with Crippen molar-refractivity contribution in [1.29, 1.82) is 0 Å². The molecule has 0 aromatic carbocycles. The van der Waals surface area contributed by atoms with Gasteiger partial charge in [-0.25, -0.2) is 4.39 Å². The largest absolute Gasteiger partial charge is 0.461 e. The Morgan fingerprint density at radius 1 is 1.54 bits per heavy atom. The van der Waals surface area contributed by atoms with Gasteiger partial charge in [-0.15, -0.1) is 0 Å². The van der Waals surface area contributed by atoms with Gasteiger partial charge in [-0.2, -0.15) is 15.0 Å². The van der Waals surface area contributed by atoms with E-state index in [-0.39, 0.29) is 22.8 Å². The van der Waals surface area contributed by atoms with Crippen LogP contribution < -0.4 is 15.4 Å². The molecule has 2 saturated heterocycles. The van der Waals surface area contributed by atoms with Gasteiger partial charge in [-0.3, -0.25) is 9.69 Å². The second-order valence-corrected chi connectivity index (χ2v) is 7.25. The molecule has 8 nitrogen and oxygen atoms in total. The number of hydrogen-bond acceptors (Lipinski definition) is 7. The summed E-state index contributed by atoms with van der Waals surface area (Å²) in [5.41, 5.74) is 5.08. The van der Waals surface area contributed by atoms with Crippen LogP contribution in [0.5, 0.6) is 6.01 Å². The summed E-state index contributed by atoms with van der Waals surface area (Å²) in [5, 5.41) is -0.0318. The lowest BCUT2D eigenvalue weighted by atomic mass is 9.95. The number of aromatic nitrogens is 3. The van der Waals surface area contributed by atoms with Crippen LogP contribution in [0.15, 0.2) is 0 Å². The number of anilines is 1. The number of amides is 1. The minimum atomic E-state index is -0.830. The third-order valence-electron chi connectivity index (χ3n) is 5.28. The fraction of sp³-hybridized carbons (Fsp3) is 0.750. The summed E-state index contributed by atoms with van der Waals surface area (Å²) in [6.07, 6.45) is 1.54. The van der Waals surface area contributed by atoms with Gasteiger partial charge >= 0.3 is 6.01 Å². The highest BCUT2D eigenvalue weighted by Gasteiger charge is 2.49. The normalized spacial score (nSPS) is 26.5. The van der Waals surface area contributed by atoms with E-state index in [0.29, 0.717) is 26.1 Å². The number of nitrogens with two attached hydrogens (primary N) is 1. The number of hydrogen-bond donors (Lipinski definition) is 1. The molecule has 10 heteroatoms. The molecule has 2 fully saturated rings. The lowest BCUT2D eigenvalue weighted by Gasteiger charge is -2.31. The van der Waals surface area contributed by atoms with Gasteiger partial charge in [0.2, 0.25) is 17.1 Å². The Hall–Kier alpha value is -1.74. The van der Waals surface area contributed by atoms with Gasteiger partial charge in [0.1, 0.15) is 18.8 Å². The fourth-order valence-corrected chi connectivity index (χ4v) is 4.05. The lowest BCUT2D eigenvalue weighted by molar-refractivity contribution is -0.119. The minimum absolute atomic E-state index is 0.0318. The molecule has 0 spiro atoms. The maximum atomic E-state index is 13.9. The first-order valence-electron chi connectivity index (χ1n) is 8.84. The molecule has 3 rings (SSSR count). The third-order valence-corrected chi connectivity index (χ3v) is 5.45. The Labute approximate surface area is 156 Å². The molecule has 1 aromatic rings. The summed E-state index contributed by atoms with van der Waals surface area (Å²) in [6.45, 7) is 5.61. The molecule has 2 aliphatic rings. The van der Waals surface area contributed by atoms with Crippen molar-refractivity contribution in [2.24, 2.45) is 5.73 Å². The van der Waals surface area contributed by atoms with E-state index in [2.05, 4.69) is 19.9 Å². The van der Waals surface area contributed by atoms with Crippen LogP contribution in [-0.2, 0) is 4.79 Å². The number of likely N-dealkylation sites (N-methyl/N-ethyl adjacent to an activating group) is 1. The molecule has 2 N–H and O–H groups in total. The lowest BCUT2D eigenvalue weighted by Crippen LogP contribution is -2.44. The number of primary amides is 1. The zero-order valence-electron chi connectivity index (χ0n) is 15.0. The highest BCUT2D eigenvalue weighted by atomic mass is 35.5. The molecule has 26 heavy (non-hydrogen) atoms. The predicted octanol–water partition coefficient (Wildman–Crippen LogP) is 1.18. The van der Waals surface area contributed by atoms with Crippen molar-refractivity contribution in [3.63, 3.8) is 0 Å². The summed E-state index contributed by atoms with van der Waals surface area (Å²) in [4.78, 5) is 27.6. The highest BCUT2D eigenvalue weighted by Crippen LogP contribution is 2.40. The zero-order chi connectivity index (χ0) is 18.9. The van der Waals surface area contributed by atoms with E-state index in [0.717, 1.165) is 19.4 Å². The molecule has 0 unspecified atom stereocenters. The maximum Gasteiger partial charge on any atom is 0.322 e. The zero-order valence-corrected chi connectivity index (χ0v) is 15.7. The Morgan fingerprint density at radius 2 is 2.31 bits per heavy atom. The van der Waals surface area contributed by atoms with Gasteiger partial charge in [0, 0.05) is 19.5 Å². The molecule has 144 valence electrons. The monoisotopic (exact) mass is 386 g/mol. The summed E-state index contributed by atoms with van der Waals surface area (Å²) in [5.74, 6) is -0.268. The minimum Gasteiger partial charge on any atom is -0.461 e. The summed E-state index contributed by atoms with van der Waals surface area (Å²) in [6, 6.07) is -0.531. The first-order valence-corrected chi connectivity index (χ1v) is 9.22. The third kappa shape index (κ3) is 3.68. The van der Waals surface area contributed by atoms with Crippen molar-refractivity contribution in [3.8, 4) is 6.01 Å². The first kappa shape index (κ1) is 19.0. The van der Waals surface area contributed by atoms with Crippen molar-refractivity contribution in [2.45, 2.75) is 50.9 Å². The summed E-state index contributed by atoms with van der Waals surface area (Å²) >= 11 is 6.01. The first-order chi connectivity index (χ1) is 12.3. The van der Waals surface area contributed by atoms with Gasteiger partial charge in [0.05, 0.1) is 5.54 Å². The van der Waals surface area contributed by atoms with Crippen LogP contribution in [0.25, 0.3) is 0 Å². The molecular weight excluding hydrogens is 363 g/mol. The number of ether oxygens (including phenoxy) is 1. The fourth-order valence-electron chi connectivity index (χ4n) is 3.90. The van der Waals surface area contributed by atoms with E-state index in [1.165, 1.54) is 0 Å². The molecule has 2 aliphatic heterocycles. The number of carbonyl (C=O) groups is 1. The van der Waals surface area contributed by atoms with Crippen molar-refractivity contribution < 1.29 is 13.9 Å². The molecule has 3 heterocycles. The summed E-state index contributed by atoms with van der Waals surface area (Å²) < 4.78 is 19.7. The summed E-state index contributed by atoms with van der Waals surface area (Å²) in [7, 11) is 0. The van der Waals surface area contributed by atoms with Crippen molar-refractivity contribution >= 4 is 23.5 Å². The van der Waals surface area contributed by atoms with Crippen molar-refractivity contribution in [3.05, 3.63) is 5.28 Å². The van der Waals surface area contributed by atoms with Gasteiger partial charge in [0.15, 0.2) is 0 Å². The smallest absolute Gasteiger partial charge is 0.322 e. The predicted molar refractivity (Wildman–Crippen MR) is 95.1 cm³/mol. The van der Waals surface area contributed by atoms with Crippen LogP contribution in [0.2, 0.25) is 5.28 Å². The van der Waals surface area contributed by atoms with Gasteiger partial charge in [-0.1, -0.05) is 0 Å². The van der Waals surface area contributed by atoms with E-state index in [1.54, 1.807) is 11.8 Å². The van der Waals surface area contributed by atoms with Gasteiger partial charge in [-0.05, 0) is 44.8 Å². The number of fused-ring (bicyclic) bond motifs is 1. The molecule has 0 saturated carbocycles. The second-order valence-electron chi connectivity index (χ2n) is 6.92. The molecule has 3 atom stereocenters. The van der Waals surface area contributed by atoms with Crippen LogP contribution >= 0.6 is 11.6 Å². The Kier molecular flexibility index (Phi) is 5.47. The standard InChI is InChI=1S/C16H24ClFN6O2/c1-3-24(10(2)12(19)25)14-20-13(17)21-15(22-14)26-9-16-5-4-6-23(16)8-11(18)7-16/h10-11H,3-9H2,1-2H3,(H2,19,25)/t10-,11-,16+/m1/s1. The van der Waals surface area contributed by atoms with Crippen LogP contribution in [-0.4, -0.2) is 69.8 Å². The average molecular weight is 387 g/mol. The highest BCUT2D eigenvalue weighted by molar-refractivity contribution is 6.28. The molecule has 0 bridgehead atoms. The molecular formula is C16H24ClFN6O2. The van der Waals surface area contributed by atoms with Crippen molar-refractivity contribution in [1.82, 2.24) is 19.9 Å². The molecule has 1 amide bonds. The van der Waals surface area contributed by atoms with E-state index < -0.39 is 18.1 Å². The second kappa shape index (κ2) is 7.48. The molecule has 1 aromatic heterocycles. The van der Waals surface area contributed by atoms with E-state index in [9.17, 15) is 9.18 Å². The van der Waals surface area contributed by atoms with Crippen LogP contribution in [0.1, 0.15) is 33.1 Å². The Morgan fingerprint density at radius 3 is 3.00 bits per heavy atom. The number of halogens is 2. The Bertz CT molecular complexity index is 680. The number of carbonyl (C=O) groups excluding carboxylic acids is 1. The Balaban J connectivity index is 1.77. The van der Waals surface area contributed by atoms with Crippen LogP contribution in [0.3, 0.4) is 0 Å². The van der Waals surface area contributed by atoms with E-state index in [4.69, 9.17) is 22.1 Å². The average Bonchev–Trinajstić information content (AvgIpc) is 3.09. The van der Waals surface area contributed by atoms with Crippen LogP contribution in [0.4, 0.5) is 10.3 Å². The van der Waals surface area contributed by atoms with Gasteiger partial charge in [0.25, 0.3) is 0 Å². The van der Waals surface area contributed by atoms with E-state index >= 15 is 0 Å². The van der Waals surface area contributed by atoms with E-state index in [1.807, 2.05) is 6.92 Å². The SMILES string of the molecule is CCN(c1nc(Cl)nc(OC[C@@]23CCCN2C[C@H](F)C3)n1)[C@H](C)C(N)=O. The van der Waals surface area contributed by atoms with Crippen molar-refractivity contribution in [2.75, 3.05) is 31.1 Å². The van der Waals surface area contributed by atoms with Gasteiger partial charge < -0.3 is 15.4 Å².